The van der Waals surface area contributed by atoms with Crippen LogP contribution in [-0.2, 0) is 9.53 Å². The third-order valence-corrected chi connectivity index (χ3v) is 2.16. The minimum absolute atomic E-state index is 0.141. The summed E-state index contributed by atoms with van der Waals surface area (Å²) in [5, 5.41) is 8.77. The summed E-state index contributed by atoms with van der Waals surface area (Å²) in [6.07, 6.45) is 1.78. The lowest BCUT2D eigenvalue weighted by Crippen LogP contribution is -2.16. The molecule has 13 heavy (non-hydrogen) atoms. The van der Waals surface area contributed by atoms with E-state index in [0.29, 0.717) is 0 Å². The SMILES string of the molecule is COC(=O)/C(C#N)=C1/CCCN1C. The summed E-state index contributed by atoms with van der Waals surface area (Å²) in [5.74, 6) is -0.536. The van der Waals surface area contributed by atoms with Gasteiger partial charge in [0, 0.05) is 19.3 Å². The fourth-order valence-corrected chi connectivity index (χ4v) is 1.46. The highest BCUT2D eigenvalue weighted by Gasteiger charge is 2.22. The van der Waals surface area contributed by atoms with E-state index in [2.05, 4.69) is 4.74 Å². The highest BCUT2D eigenvalue weighted by molar-refractivity contribution is 5.93. The van der Waals surface area contributed by atoms with Gasteiger partial charge >= 0.3 is 5.97 Å². The van der Waals surface area contributed by atoms with Gasteiger partial charge in [0.25, 0.3) is 0 Å². The number of nitrogens with zero attached hydrogens (tertiary/aromatic N) is 2. The third kappa shape index (κ3) is 1.81. The normalized spacial score (nSPS) is 19.6. The zero-order valence-electron chi connectivity index (χ0n) is 7.83. The highest BCUT2D eigenvalue weighted by atomic mass is 16.5. The fourth-order valence-electron chi connectivity index (χ4n) is 1.46. The summed E-state index contributed by atoms with van der Waals surface area (Å²) in [6.45, 7) is 0.900. The molecule has 1 rings (SSSR count). The molecule has 4 heteroatoms. The van der Waals surface area contributed by atoms with Crippen LogP contribution in [0.25, 0.3) is 0 Å². The molecule has 1 heterocycles. The molecule has 0 aromatic heterocycles. The maximum atomic E-state index is 11.1. The standard InChI is InChI=1S/C9H12N2O2/c1-11-5-3-4-8(11)7(6-10)9(12)13-2/h3-5H2,1-2H3/b8-7-. The Morgan fingerprint density at radius 3 is 2.77 bits per heavy atom. The number of ether oxygens (including phenoxy) is 1. The lowest BCUT2D eigenvalue weighted by molar-refractivity contribution is -0.135. The van der Waals surface area contributed by atoms with Crippen LogP contribution >= 0.6 is 0 Å². The van der Waals surface area contributed by atoms with Gasteiger partial charge in [-0.2, -0.15) is 5.26 Å². The van der Waals surface area contributed by atoms with Gasteiger partial charge in [-0.1, -0.05) is 0 Å². The van der Waals surface area contributed by atoms with Crippen molar-refractivity contribution in [3.05, 3.63) is 11.3 Å². The summed E-state index contributed by atoms with van der Waals surface area (Å²) in [7, 11) is 3.16. The van der Waals surface area contributed by atoms with E-state index in [1.165, 1.54) is 7.11 Å². The van der Waals surface area contributed by atoms with E-state index in [4.69, 9.17) is 5.26 Å². The Bertz CT molecular complexity index is 288. The first kappa shape index (κ1) is 9.59. The Morgan fingerprint density at radius 2 is 2.38 bits per heavy atom. The molecular formula is C9H12N2O2. The Labute approximate surface area is 77.4 Å². The van der Waals surface area contributed by atoms with Gasteiger partial charge in [-0.3, -0.25) is 0 Å². The summed E-state index contributed by atoms with van der Waals surface area (Å²) in [4.78, 5) is 13.1. The molecule has 0 unspecified atom stereocenters. The summed E-state index contributed by atoms with van der Waals surface area (Å²) in [5.41, 5.74) is 0.942. The van der Waals surface area contributed by atoms with E-state index in [1.807, 2.05) is 18.0 Å². The van der Waals surface area contributed by atoms with E-state index < -0.39 is 5.97 Å². The molecule has 4 nitrogen and oxygen atoms in total. The van der Waals surface area contributed by atoms with Crippen LogP contribution in [0.15, 0.2) is 11.3 Å². The van der Waals surface area contributed by atoms with E-state index in [0.717, 1.165) is 25.1 Å². The van der Waals surface area contributed by atoms with Crippen molar-refractivity contribution < 1.29 is 9.53 Å². The van der Waals surface area contributed by atoms with Crippen molar-refractivity contribution in [1.29, 1.82) is 5.26 Å². The first-order chi connectivity index (χ1) is 6.20. The van der Waals surface area contributed by atoms with Crippen LogP contribution in [0.2, 0.25) is 0 Å². The van der Waals surface area contributed by atoms with Crippen LogP contribution < -0.4 is 0 Å². The van der Waals surface area contributed by atoms with E-state index >= 15 is 0 Å². The van der Waals surface area contributed by atoms with Gasteiger partial charge in [0.1, 0.15) is 6.07 Å². The maximum Gasteiger partial charge on any atom is 0.350 e. The summed E-state index contributed by atoms with van der Waals surface area (Å²) in [6, 6.07) is 1.89. The van der Waals surface area contributed by atoms with Gasteiger partial charge in [0.15, 0.2) is 5.57 Å². The predicted octanol–water partition coefficient (Wildman–Crippen LogP) is 0.663. The minimum atomic E-state index is -0.536. The van der Waals surface area contributed by atoms with E-state index in [-0.39, 0.29) is 5.57 Å². The number of carbonyl (C=O) groups is 1. The van der Waals surface area contributed by atoms with Gasteiger partial charge in [-0.05, 0) is 12.8 Å². The Hall–Kier alpha value is -1.50. The molecule has 0 aromatic rings. The molecule has 0 N–H and O–H groups in total. The number of allylic oxidation sites excluding steroid dienone is 1. The van der Waals surface area contributed by atoms with Crippen molar-refractivity contribution in [1.82, 2.24) is 4.90 Å². The topological polar surface area (TPSA) is 53.3 Å². The van der Waals surface area contributed by atoms with Gasteiger partial charge in [0.2, 0.25) is 0 Å². The van der Waals surface area contributed by atoms with E-state index in [9.17, 15) is 4.79 Å². The molecule has 1 aliphatic heterocycles. The van der Waals surface area contributed by atoms with E-state index in [1.54, 1.807) is 0 Å². The largest absolute Gasteiger partial charge is 0.465 e. The monoisotopic (exact) mass is 180 g/mol. The molecular weight excluding hydrogens is 168 g/mol. The molecule has 1 aliphatic rings. The molecule has 0 bridgehead atoms. The first-order valence-electron chi connectivity index (χ1n) is 4.13. The number of likely N-dealkylation sites (tertiary alicyclic amines) is 1. The van der Waals surface area contributed by atoms with Crippen LogP contribution in [-0.4, -0.2) is 31.6 Å². The molecule has 0 atom stereocenters. The highest BCUT2D eigenvalue weighted by Crippen LogP contribution is 2.22. The minimum Gasteiger partial charge on any atom is -0.465 e. The molecule has 0 amide bonds. The quantitative estimate of drug-likeness (QED) is 0.338. The zero-order valence-corrected chi connectivity index (χ0v) is 7.83. The number of hydrogen-bond donors (Lipinski definition) is 0. The molecule has 0 radical (unpaired) electrons. The number of rotatable bonds is 1. The van der Waals surface area contributed by atoms with Crippen molar-refractivity contribution in [2.75, 3.05) is 20.7 Å². The number of esters is 1. The Balaban J connectivity index is 2.98. The maximum absolute atomic E-state index is 11.1. The Kier molecular flexibility index (Phi) is 2.91. The fraction of sp³-hybridized carbons (Fsp3) is 0.556. The molecule has 1 saturated heterocycles. The number of methoxy groups -OCH3 is 1. The summed E-state index contributed by atoms with van der Waals surface area (Å²) < 4.78 is 4.52. The van der Waals surface area contributed by atoms with Gasteiger partial charge < -0.3 is 9.64 Å². The molecule has 0 saturated carbocycles. The lowest BCUT2D eigenvalue weighted by atomic mass is 10.2. The molecule has 0 aliphatic carbocycles. The van der Waals surface area contributed by atoms with Crippen molar-refractivity contribution in [2.45, 2.75) is 12.8 Å². The smallest absolute Gasteiger partial charge is 0.350 e. The van der Waals surface area contributed by atoms with Gasteiger partial charge in [0.05, 0.1) is 7.11 Å². The van der Waals surface area contributed by atoms with Gasteiger partial charge in [-0.15, -0.1) is 0 Å². The number of hydrogen-bond acceptors (Lipinski definition) is 4. The van der Waals surface area contributed by atoms with Crippen LogP contribution in [0.1, 0.15) is 12.8 Å². The third-order valence-electron chi connectivity index (χ3n) is 2.16. The van der Waals surface area contributed by atoms with Crippen LogP contribution in [0.3, 0.4) is 0 Å². The molecule has 0 aromatic carbocycles. The molecule has 0 spiro atoms. The van der Waals surface area contributed by atoms with Crippen LogP contribution in [0.4, 0.5) is 0 Å². The van der Waals surface area contributed by atoms with Crippen molar-refractivity contribution in [3.63, 3.8) is 0 Å². The second kappa shape index (κ2) is 3.94. The van der Waals surface area contributed by atoms with Crippen molar-refractivity contribution >= 4 is 5.97 Å². The first-order valence-corrected chi connectivity index (χ1v) is 4.13. The number of carbonyl (C=O) groups excluding carboxylic acids is 1. The number of nitriles is 1. The van der Waals surface area contributed by atoms with Crippen LogP contribution in [0.5, 0.6) is 0 Å². The molecule has 70 valence electrons. The Morgan fingerprint density at radius 1 is 1.69 bits per heavy atom. The average molecular weight is 180 g/mol. The zero-order chi connectivity index (χ0) is 9.84. The predicted molar refractivity (Wildman–Crippen MR) is 46.5 cm³/mol. The van der Waals surface area contributed by atoms with Crippen molar-refractivity contribution in [3.8, 4) is 6.07 Å². The molecule has 1 fully saturated rings. The van der Waals surface area contributed by atoms with Crippen molar-refractivity contribution in [2.24, 2.45) is 0 Å². The second-order valence-electron chi connectivity index (χ2n) is 2.95. The lowest BCUT2D eigenvalue weighted by Gasteiger charge is -2.13. The second-order valence-corrected chi connectivity index (χ2v) is 2.95. The average Bonchev–Trinajstić information content (AvgIpc) is 2.53. The summed E-state index contributed by atoms with van der Waals surface area (Å²) >= 11 is 0. The van der Waals surface area contributed by atoms with Crippen LogP contribution in [0, 0.1) is 11.3 Å². The van der Waals surface area contributed by atoms with Gasteiger partial charge in [-0.25, -0.2) is 4.79 Å².